The Morgan fingerprint density at radius 1 is 1.05 bits per heavy atom. The van der Waals surface area contributed by atoms with Crippen LogP contribution in [0.15, 0.2) is 43.1 Å². The molecule has 0 aliphatic carbocycles. The van der Waals surface area contributed by atoms with Gasteiger partial charge in [-0.1, -0.05) is 0 Å². The third-order valence-electron chi connectivity index (χ3n) is 1.94. The first kappa shape index (κ1) is 14.8. The van der Waals surface area contributed by atoms with Crippen molar-refractivity contribution in [2.75, 3.05) is 0 Å². The van der Waals surface area contributed by atoms with Crippen LogP contribution in [0.5, 0.6) is 11.5 Å². The van der Waals surface area contributed by atoms with Gasteiger partial charge in [0.1, 0.15) is 24.0 Å². The molecule has 2 rings (SSSR count). The van der Waals surface area contributed by atoms with Gasteiger partial charge in [0.05, 0.1) is 5.88 Å². The number of aryl methyl sites for hydroxylation is 1. The molecule has 2 N–H and O–H groups in total. The Kier molecular flexibility index (Phi) is 5.20. The van der Waals surface area contributed by atoms with Gasteiger partial charge >= 0.3 is 0 Å². The van der Waals surface area contributed by atoms with Crippen molar-refractivity contribution in [2.24, 2.45) is 0 Å². The molecule has 19 heavy (non-hydrogen) atoms. The summed E-state index contributed by atoms with van der Waals surface area (Å²) in [5, 5.41) is 17.3. The summed E-state index contributed by atoms with van der Waals surface area (Å²) in [6.07, 6.45) is 2.00. The van der Waals surface area contributed by atoms with E-state index in [0.29, 0.717) is 11.5 Å². The largest absolute Gasteiger partial charge is 0.502 e. The van der Waals surface area contributed by atoms with Gasteiger partial charge in [-0.3, -0.25) is 9.59 Å². The molecule has 0 saturated carbocycles. The molecule has 0 atom stereocenters. The molecule has 0 aromatic carbocycles. The molecule has 6 nitrogen and oxygen atoms in total. The summed E-state index contributed by atoms with van der Waals surface area (Å²) in [6, 6.07) is 2.39. The third kappa shape index (κ3) is 4.51. The topological polar surface area (TPSA) is 101 Å². The molecule has 0 unspecified atom stereocenters. The van der Waals surface area contributed by atoms with Crippen LogP contribution >= 0.6 is 11.6 Å². The fraction of sp³-hybridized carbons (Fsp3) is 0.167. The predicted octanol–water partition coefficient (Wildman–Crippen LogP) is 1.74. The molecular weight excluding hydrogens is 276 g/mol. The molecule has 0 spiro atoms. The number of alkyl halides is 1. The standard InChI is InChI=1S/C6H5ClO3.C6H6O3/c7-2-4-1-5(8)6(9)3-10-4;1-4-2-5(7)6(8)3-9-4/h1,3,9H,2H2;2-3,8H,1H3. The lowest BCUT2D eigenvalue weighted by molar-refractivity contribution is 0.419. The summed E-state index contributed by atoms with van der Waals surface area (Å²) in [5.41, 5.74) is -0.874. The van der Waals surface area contributed by atoms with Crippen LogP contribution in [0.4, 0.5) is 0 Å². The van der Waals surface area contributed by atoms with E-state index in [1.165, 1.54) is 6.07 Å². The average molecular weight is 287 g/mol. The van der Waals surface area contributed by atoms with Crippen molar-refractivity contribution in [2.45, 2.75) is 12.8 Å². The Morgan fingerprint density at radius 3 is 2.00 bits per heavy atom. The number of hydrogen-bond acceptors (Lipinski definition) is 6. The highest BCUT2D eigenvalue weighted by molar-refractivity contribution is 6.16. The zero-order chi connectivity index (χ0) is 14.4. The first-order valence-corrected chi connectivity index (χ1v) is 5.62. The third-order valence-corrected chi connectivity index (χ3v) is 2.20. The lowest BCUT2D eigenvalue weighted by Crippen LogP contribution is -1.98. The summed E-state index contributed by atoms with van der Waals surface area (Å²) >= 11 is 5.34. The Hall–Kier alpha value is -2.21. The highest BCUT2D eigenvalue weighted by atomic mass is 35.5. The summed E-state index contributed by atoms with van der Waals surface area (Å²) in [6.45, 7) is 1.64. The molecule has 0 saturated heterocycles. The van der Waals surface area contributed by atoms with Crippen molar-refractivity contribution in [3.05, 3.63) is 56.6 Å². The summed E-state index contributed by atoms with van der Waals surface area (Å²) in [4.78, 5) is 21.2. The highest BCUT2D eigenvalue weighted by Gasteiger charge is 1.98. The van der Waals surface area contributed by atoms with Gasteiger partial charge in [-0.05, 0) is 6.92 Å². The second-order valence-electron chi connectivity index (χ2n) is 3.47. The SMILES string of the molecule is Cc1cc(=O)c(O)co1.O=c1cc(CCl)occ1O. The number of rotatable bonds is 1. The second kappa shape index (κ2) is 6.65. The molecule has 0 aliphatic heterocycles. The maximum Gasteiger partial charge on any atom is 0.226 e. The van der Waals surface area contributed by atoms with Crippen molar-refractivity contribution in [1.29, 1.82) is 0 Å². The number of aromatic hydroxyl groups is 2. The van der Waals surface area contributed by atoms with Crippen LogP contribution in [-0.4, -0.2) is 10.2 Å². The zero-order valence-electron chi connectivity index (χ0n) is 9.92. The van der Waals surface area contributed by atoms with Gasteiger partial charge in [0.25, 0.3) is 0 Å². The van der Waals surface area contributed by atoms with Crippen molar-refractivity contribution in [1.82, 2.24) is 0 Å². The molecule has 2 aromatic heterocycles. The van der Waals surface area contributed by atoms with E-state index in [1.54, 1.807) is 6.92 Å². The maximum atomic E-state index is 10.6. The van der Waals surface area contributed by atoms with E-state index >= 15 is 0 Å². The van der Waals surface area contributed by atoms with Crippen LogP contribution in [0.25, 0.3) is 0 Å². The van der Waals surface area contributed by atoms with Crippen LogP contribution in [0.3, 0.4) is 0 Å². The van der Waals surface area contributed by atoms with Gasteiger partial charge in [-0.25, -0.2) is 0 Å². The summed E-state index contributed by atoms with van der Waals surface area (Å²) in [5.74, 6) is 0.243. The monoisotopic (exact) mass is 286 g/mol. The fourth-order valence-corrected chi connectivity index (χ4v) is 1.15. The smallest absolute Gasteiger partial charge is 0.226 e. The lowest BCUT2D eigenvalue weighted by atomic mass is 10.4. The van der Waals surface area contributed by atoms with Crippen LogP contribution in [0.2, 0.25) is 0 Å². The van der Waals surface area contributed by atoms with Crippen LogP contribution < -0.4 is 10.9 Å². The quantitative estimate of drug-likeness (QED) is 0.774. The lowest BCUT2D eigenvalue weighted by Gasteiger charge is -1.91. The van der Waals surface area contributed by atoms with Crippen LogP contribution in [0.1, 0.15) is 11.5 Å². The van der Waals surface area contributed by atoms with E-state index in [4.69, 9.17) is 26.2 Å². The minimum atomic E-state index is -0.470. The van der Waals surface area contributed by atoms with E-state index in [0.717, 1.165) is 18.6 Å². The summed E-state index contributed by atoms with van der Waals surface area (Å²) < 4.78 is 9.39. The Balaban J connectivity index is 0.000000191. The van der Waals surface area contributed by atoms with Crippen molar-refractivity contribution >= 4 is 11.6 Å². The van der Waals surface area contributed by atoms with E-state index in [9.17, 15) is 9.59 Å². The van der Waals surface area contributed by atoms with E-state index < -0.39 is 16.6 Å². The van der Waals surface area contributed by atoms with Gasteiger partial charge < -0.3 is 19.0 Å². The maximum absolute atomic E-state index is 10.6. The molecule has 0 amide bonds. The van der Waals surface area contributed by atoms with Gasteiger partial charge in [0.15, 0.2) is 11.5 Å². The van der Waals surface area contributed by atoms with Crippen LogP contribution in [0, 0.1) is 6.92 Å². The molecule has 0 fully saturated rings. The normalized spacial score (nSPS) is 9.58. The molecule has 2 heterocycles. The summed E-state index contributed by atoms with van der Waals surface area (Å²) in [7, 11) is 0. The molecular formula is C12H11ClO6. The number of halogens is 1. The van der Waals surface area contributed by atoms with Gasteiger partial charge in [-0.15, -0.1) is 11.6 Å². The van der Waals surface area contributed by atoms with Gasteiger partial charge in [0, 0.05) is 12.1 Å². The molecule has 102 valence electrons. The minimum Gasteiger partial charge on any atom is -0.502 e. The van der Waals surface area contributed by atoms with E-state index in [-0.39, 0.29) is 11.6 Å². The Morgan fingerprint density at radius 2 is 1.58 bits per heavy atom. The van der Waals surface area contributed by atoms with Crippen molar-refractivity contribution < 1.29 is 19.0 Å². The van der Waals surface area contributed by atoms with Gasteiger partial charge in [0.2, 0.25) is 10.9 Å². The Bertz CT molecular complexity index is 658. The molecule has 0 aliphatic rings. The highest BCUT2D eigenvalue weighted by Crippen LogP contribution is 2.04. The molecule has 0 bridgehead atoms. The predicted molar refractivity (Wildman–Crippen MR) is 67.6 cm³/mol. The van der Waals surface area contributed by atoms with E-state index in [2.05, 4.69) is 4.42 Å². The minimum absolute atomic E-state index is 0.134. The fourth-order valence-electron chi connectivity index (χ4n) is 1.01. The van der Waals surface area contributed by atoms with Crippen molar-refractivity contribution in [3.8, 4) is 11.5 Å². The molecule has 7 heteroatoms. The van der Waals surface area contributed by atoms with Crippen molar-refractivity contribution in [3.63, 3.8) is 0 Å². The first-order valence-electron chi connectivity index (χ1n) is 5.09. The zero-order valence-corrected chi connectivity index (χ0v) is 10.7. The van der Waals surface area contributed by atoms with Crippen LogP contribution in [-0.2, 0) is 5.88 Å². The Labute approximate surface area is 112 Å². The van der Waals surface area contributed by atoms with Gasteiger partial charge in [-0.2, -0.15) is 0 Å². The average Bonchev–Trinajstić information content (AvgIpc) is 2.38. The first-order chi connectivity index (χ1) is 8.93. The van der Waals surface area contributed by atoms with E-state index in [1.807, 2.05) is 0 Å². The molecule has 0 radical (unpaired) electrons. The number of hydrogen-bond donors (Lipinski definition) is 2. The second-order valence-corrected chi connectivity index (χ2v) is 3.74. The molecule has 2 aromatic rings.